The number of nitrogens with one attached hydrogen (secondary N) is 1. The van der Waals surface area contributed by atoms with Crippen LogP contribution in [0.15, 0.2) is 84.9 Å². The van der Waals surface area contributed by atoms with Crippen molar-refractivity contribution in [1.29, 1.82) is 0 Å². The van der Waals surface area contributed by atoms with Gasteiger partial charge in [-0.15, -0.1) is 53.9 Å². The molecule has 197 valence electrons. The minimum atomic E-state index is 0. The van der Waals surface area contributed by atoms with E-state index in [9.17, 15) is 0 Å². The third-order valence-electron chi connectivity index (χ3n) is 5.16. The summed E-state index contributed by atoms with van der Waals surface area (Å²) in [5.41, 5.74) is 7.35. The van der Waals surface area contributed by atoms with Gasteiger partial charge in [0.1, 0.15) is 0 Å². The molecule has 0 fully saturated rings. The van der Waals surface area contributed by atoms with Crippen molar-refractivity contribution in [1.82, 2.24) is 5.32 Å². The third-order valence-corrected chi connectivity index (χ3v) is 5.16. The normalized spacial score (nSPS) is 10.8. The monoisotopic (exact) mass is 588 g/mol. The van der Waals surface area contributed by atoms with Crippen LogP contribution in [-0.4, -0.2) is 22.8 Å². The molecule has 0 aromatic heterocycles. The van der Waals surface area contributed by atoms with Gasteiger partial charge in [-0.25, -0.2) is 5.57 Å². The number of rotatable bonds is 3. The first-order valence-electron chi connectivity index (χ1n) is 10.8. The molecular formula is C30H27Cl2MnN2O3-. The maximum atomic E-state index is 7.50. The molecule has 38 heavy (non-hydrogen) atoms. The van der Waals surface area contributed by atoms with Crippen molar-refractivity contribution >= 4 is 40.3 Å². The summed E-state index contributed by atoms with van der Waals surface area (Å²) in [5, 5.41) is 3.63. The molecule has 4 rings (SSSR count). The molecule has 1 aliphatic rings. The fraction of sp³-hybridized carbons (Fsp3) is 0.133. The summed E-state index contributed by atoms with van der Waals surface area (Å²) in [6, 6.07) is 28.8. The van der Waals surface area contributed by atoms with E-state index in [2.05, 4.69) is 135 Å². The second kappa shape index (κ2) is 22.0. The quantitative estimate of drug-likeness (QED) is 0.119. The molecule has 0 spiro atoms. The molecule has 0 saturated carbocycles. The number of hydrogen-bond donors (Lipinski definition) is 1. The van der Waals surface area contributed by atoms with Crippen LogP contribution in [0.3, 0.4) is 0 Å². The smallest absolute Gasteiger partial charge is 0 e. The molecule has 5 nitrogen and oxygen atoms in total. The van der Waals surface area contributed by atoms with Gasteiger partial charge in [-0.2, -0.15) is 11.6 Å². The van der Waals surface area contributed by atoms with Crippen LogP contribution in [0, 0.1) is 46.3 Å². The molecule has 1 aliphatic heterocycles. The number of halogens is 2. The summed E-state index contributed by atoms with van der Waals surface area (Å²) in [6.45, 7) is 17.9. The van der Waals surface area contributed by atoms with E-state index >= 15 is 0 Å². The molecule has 0 atom stereocenters. The minimum Gasteiger partial charge on any atom is 0 e. The molecule has 0 unspecified atom stereocenters. The average Bonchev–Trinajstić information content (AvgIpc) is 2.97. The van der Waals surface area contributed by atoms with Crippen molar-refractivity contribution in [2.45, 2.75) is 13.8 Å². The van der Waals surface area contributed by atoms with Gasteiger partial charge in [0.15, 0.2) is 5.84 Å². The van der Waals surface area contributed by atoms with E-state index in [0.29, 0.717) is 0 Å². The molecular weight excluding hydrogens is 562 g/mol. The van der Waals surface area contributed by atoms with E-state index in [1.807, 2.05) is 7.05 Å². The number of benzene rings is 3. The summed E-state index contributed by atoms with van der Waals surface area (Å²) in [5.74, 6) is 1.07. The molecule has 1 radical (unpaired) electrons. The van der Waals surface area contributed by atoms with E-state index in [-0.39, 0.29) is 22.4 Å². The zero-order valence-electron chi connectivity index (χ0n) is 21.2. The first-order valence-corrected chi connectivity index (χ1v) is 11.9. The van der Waals surface area contributed by atoms with Crippen molar-refractivity contribution in [3.63, 3.8) is 0 Å². The van der Waals surface area contributed by atoms with E-state index in [1.165, 1.54) is 39.6 Å². The van der Waals surface area contributed by atoms with Gasteiger partial charge in [0.2, 0.25) is 0 Å². The van der Waals surface area contributed by atoms with Crippen LogP contribution in [0.4, 0.5) is 5.69 Å². The molecule has 1 heterocycles. The Labute approximate surface area is 246 Å². The van der Waals surface area contributed by atoms with Crippen molar-refractivity contribution in [3.8, 4) is 0 Å². The Morgan fingerprint density at radius 1 is 0.789 bits per heavy atom. The average molecular weight is 589 g/mol. The van der Waals surface area contributed by atoms with Crippen molar-refractivity contribution < 1.29 is 35.6 Å². The predicted molar refractivity (Wildman–Crippen MR) is 146 cm³/mol. The first-order chi connectivity index (χ1) is 18.1. The third kappa shape index (κ3) is 10.4. The fourth-order valence-electron chi connectivity index (χ4n) is 3.80. The zero-order valence-corrected chi connectivity index (χ0v) is 23.9. The van der Waals surface area contributed by atoms with Crippen LogP contribution in [0.5, 0.6) is 0 Å². The number of para-hydroxylation sites is 1. The zero-order chi connectivity index (χ0) is 28.2. The Morgan fingerprint density at radius 2 is 1.24 bits per heavy atom. The van der Waals surface area contributed by atoms with Crippen LogP contribution >= 0.6 is 23.2 Å². The van der Waals surface area contributed by atoms with Gasteiger partial charge >= 0.3 is 33.9 Å². The summed E-state index contributed by atoms with van der Waals surface area (Å²) >= 11 is 9.53. The first kappa shape index (κ1) is 37.1. The van der Waals surface area contributed by atoms with Gasteiger partial charge in [-0.3, -0.25) is 4.58 Å². The van der Waals surface area contributed by atoms with Crippen LogP contribution < -0.4 is 5.32 Å². The van der Waals surface area contributed by atoms with Crippen molar-refractivity contribution in [2.24, 2.45) is 0 Å². The summed E-state index contributed by atoms with van der Waals surface area (Å²) < 4.78 is 24.8. The number of nitrogens with zero attached hydrogens (tertiary/aromatic N) is 1. The molecule has 3 aromatic rings. The largest absolute Gasteiger partial charge is 0 e. The topological polar surface area (TPSA) is 74.7 Å². The molecule has 0 aliphatic carbocycles. The van der Waals surface area contributed by atoms with E-state index in [0.717, 1.165) is 5.84 Å². The van der Waals surface area contributed by atoms with Gasteiger partial charge in [0.05, 0.1) is 18.1 Å². The number of alkyl halides is 2. The summed E-state index contributed by atoms with van der Waals surface area (Å²) in [6.07, 6.45) is 4.52. The Hall–Kier alpha value is -3.07. The molecule has 0 saturated heterocycles. The van der Waals surface area contributed by atoms with Crippen molar-refractivity contribution in [3.05, 3.63) is 140 Å². The van der Waals surface area contributed by atoms with Crippen LogP contribution in [-0.2, 0) is 31.0 Å². The molecule has 3 aromatic carbocycles. The van der Waals surface area contributed by atoms with Gasteiger partial charge in [-0.1, -0.05) is 60.2 Å². The number of hydrogen-bond acceptors (Lipinski definition) is 1. The minimum absolute atomic E-state index is 0. The van der Waals surface area contributed by atoms with Gasteiger partial charge in [0.25, 0.3) is 0 Å². The number of aryl methyl sites for hydroxylation is 2. The second-order valence-corrected chi connectivity index (χ2v) is 7.98. The molecule has 8 heteroatoms. The second-order valence-electron chi connectivity index (χ2n) is 7.17. The Bertz CT molecular complexity index is 1170. The Balaban J connectivity index is 0. The molecule has 0 amide bonds. The van der Waals surface area contributed by atoms with Gasteiger partial charge in [0, 0.05) is 23.1 Å². The fourth-order valence-corrected chi connectivity index (χ4v) is 3.80. The van der Waals surface area contributed by atoms with E-state index in [4.69, 9.17) is 37.2 Å². The number of amidine groups is 1. The maximum Gasteiger partial charge on any atom is 0 e. The van der Waals surface area contributed by atoms with E-state index in [1.54, 1.807) is 0 Å². The maximum absolute atomic E-state index is 7.50. The Kier molecular flexibility index (Phi) is 21.4. The standard InChI is InChI=1S/C26H25N2.CH2Cl2.3CO.Mn/c1-19-11-10-12-20(2)26(19)28-24(22-15-8-5-9-16-22)17-23(18-25(28)27-3)21-13-6-4-7-14-21;2-1-3;3*1-2;/h4-18,27H,1-3H3;1H2;;;;/q-1;;;;;. The molecule has 0 bridgehead atoms. The summed E-state index contributed by atoms with van der Waals surface area (Å²) in [4.78, 5) is 0. The predicted octanol–water partition coefficient (Wildman–Crippen LogP) is 6.75. The van der Waals surface area contributed by atoms with Crippen LogP contribution in [0.25, 0.3) is 5.57 Å². The van der Waals surface area contributed by atoms with Gasteiger partial charge in [-0.05, 0) is 25.0 Å². The molecule has 1 N–H and O–H groups in total. The summed E-state index contributed by atoms with van der Waals surface area (Å²) in [7, 11) is 1.99. The SMILES string of the molecule is CNC1=[N+](c2c(C)cccc2C)[C-](c2ccccc2)C=C(c2ccccc2)[CH-]1.ClCCl.[C-]#[O+].[C-]#[O+].[C-]#[O+].[Mn]. The van der Waals surface area contributed by atoms with Gasteiger partial charge < -0.3 is 5.32 Å². The van der Waals surface area contributed by atoms with E-state index < -0.39 is 0 Å². The Morgan fingerprint density at radius 3 is 1.68 bits per heavy atom. The van der Waals surface area contributed by atoms with Crippen LogP contribution in [0.2, 0.25) is 0 Å². The van der Waals surface area contributed by atoms with Crippen molar-refractivity contribution in [2.75, 3.05) is 12.4 Å². The van der Waals surface area contributed by atoms with Crippen LogP contribution in [0.1, 0.15) is 22.3 Å².